The number of halogens is 1. The second-order valence-electron chi connectivity index (χ2n) is 7.96. The highest BCUT2D eigenvalue weighted by atomic mass is 32.2. The van der Waals surface area contributed by atoms with Crippen LogP contribution in [-0.2, 0) is 26.2 Å². The molecular formula is C26H28FN3O5S. The van der Waals surface area contributed by atoms with Gasteiger partial charge in [0.1, 0.15) is 24.2 Å². The minimum absolute atomic E-state index is 0.0121. The first-order chi connectivity index (χ1) is 17.2. The summed E-state index contributed by atoms with van der Waals surface area (Å²) in [5.41, 5.74) is 0.838. The van der Waals surface area contributed by atoms with Crippen molar-refractivity contribution in [2.75, 3.05) is 25.0 Å². The SMILES string of the molecule is CNC(=O)C(C)N(Cc1ccc(F)cc1)C(=O)CN(c1ccc(OC)cc1)S(=O)(=O)c1ccccc1. The van der Waals surface area contributed by atoms with Crippen molar-refractivity contribution in [2.24, 2.45) is 0 Å². The van der Waals surface area contributed by atoms with Crippen molar-refractivity contribution in [3.05, 3.63) is 90.2 Å². The van der Waals surface area contributed by atoms with Gasteiger partial charge in [0.05, 0.1) is 17.7 Å². The highest BCUT2D eigenvalue weighted by molar-refractivity contribution is 7.92. The van der Waals surface area contributed by atoms with E-state index in [0.717, 1.165) is 4.31 Å². The van der Waals surface area contributed by atoms with Crippen LogP contribution in [0.1, 0.15) is 12.5 Å². The molecule has 10 heteroatoms. The smallest absolute Gasteiger partial charge is 0.264 e. The van der Waals surface area contributed by atoms with Gasteiger partial charge in [-0.2, -0.15) is 0 Å². The van der Waals surface area contributed by atoms with Crippen LogP contribution in [0.15, 0.2) is 83.8 Å². The van der Waals surface area contributed by atoms with Gasteiger partial charge in [0, 0.05) is 13.6 Å². The second-order valence-corrected chi connectivity index (χ2v) is 9.82. The third-order valence-corrected chi connectivity index (χ3v) is 7.44. The molecule has 0 aliphatic carbocycles. The molecule has 1 unspecified atom stereocenters. The number of sulfonamides is 1. The number of rotatable bonds is 10. The maximum atomic E-state index is 13.6. The molecule has 0 saturated carbocycles. The van der Waals surface area contributed by atoms with Crippen LogP contribution in [0.2, 0.25) is 0 Å². The molecule has 3 aromatic rings. The molecule has 190 valence electrons. The van der Waals surface area contributed by atoms with E-state index in [1.165, 1.54) is 55.5 Å². The monoisotopic (exact) mass is 513 g/mol. The standard InChI is InChI=1S/C26H28FN3O5S/c1-19(26(32)28-2)29(17-20-9-11-21(27)12-10-20)25(31)18-30(22-13-15-23(35-3)16-14-22)36(33,34)24-7-5-4-6-8-24/h4-16,19H,17-18H2,1-3H3,(H,28,32). The van der Waals surface area contributed by atoms with Gasteiger partial charge in [-0.05, 0) is 61.0 Å². The van der Waals surface area contributed by atoms with Crippen molar-refractivity contribution in [3.8, 4) is 5.75 Å². The van der Waals surface area contributed by atoms with E-state index in [4.69, 9.17) is 4.74 Å². The van der Waals surface area contributed by atoms with Crippen molar-refractivity contribution in [1.82, 2.24) is 10.2 Å². The Morgan fingerprint density at radius 2 is 1.58 bits per heavy atom. The summed E-state index contributed by atoms with van der Waals surface area (Å²) in [6.07, 6.45) is 0. The first-order valence-corrected chi connectivity index (χ1v) is 12.6. The summed E-state index contributed by atoms with van der Waals surface area (Å²) >= 11 is 0. The van der Waals surface area contributed by atoms with E-state index in [1.807, 2.05) is 0 Å². The Bertz CT molecular complexity index is 1280. The summed E-state index contributed by atoms with van der Waals surface area (Å²) in [7, 11) is -1.20. The molecule has 0 spiro atoms. The van der Waals surface area contributed by atoms with Crippen LogP contribution in [0.5, 0.6) is 5.75 Å². The Kier molecular flexibility index (Phi) is 8.65. The van der Waals surface area contributed by atoms with Gasteiger partial charge >= 0.3 is 0 Å². The zero-order valence-corrected chi connectivity index (χ0v) is 21.0. The molecule has 0 bridgehead atoms. The van der Waals surface area contributed by atoms with E-state index in [0.29, 0.717) is 11.3 Å². The fourth-order valence-corrected chi connectivity index (χ4v) is 5.01. The summed E-state index contributed by atoms with van der Waals surface area (Å²) < 4.78 is 46.8. The highest BCUT2D eigenvalue weighted by Crippen LogP contribution is 2.26. The van der Waals surface area contributed by atoms with Crippen LogP contribution in [0, 0.1) is 5.82 Å². The van der Waals surface area contributed by atoms with Gasteiger partial charge in [-0.15, -0.1) is 0 Å². The summed E-state index contributed by atoms with van der Waals surface area (Å²) in [5, 5.41) is 2.51. The second kappa shape index (κ2) is 11.7. The number of ether oxygens (including phenoxy) is 1. The first-order valence-electron chi connectivity index (χ1n) is 11.1. The van der Waals surface area contributed by atoms with Gasteiger partial charge < -0.3 is 15.0 Å². The molecular weight excluding hydrogens is 485 g/mol. The molecule has 0 heterocycles. The molecule has 0 radical (unpaired) electrons. The normalized spacial score (nSPS) is 11.9. The third-order valence-electron chi connectivity index (χ3n) is 5.65. The predicted molar refractivity (Wildman–Crippen MR) is 134 cm³/mol. The molecule has 1 N–H and O–H groups in total. The number of hydrogen-bond donors (Lipinski definition) is 1. The Labute approximate surface area is 210 Å². The Morgan fingerprint density at radius 3 is 2.14 bits per heavy atom. The van der Waals surface area contributed by atoms with E-state index in [9.17, 15) is 22.4 Å². The number of hydrogen-bond acceptors (Lipinski definition) is 5. The molecule has 3 aromatic carbocycles. The summed E-state index contributed by atoms with van der Waals surface area (Å²) in [5.74, 6) is -0.943. The minimum atomic E-state index is -4.14. The van der Waals surface area contributed by atoms with Crippen LogP contribution >= 0.6 is 0 Å². The van der Waals surface area contributed by atoms with Crippen molar-refractivity contribution in [1.29, 1.82) is 0 Å². The molecule has 0 aliphatic heterocycles. The van der Waals surface area contributed by atoms with Crippen LogP contribution < -0.4 is 14.4 Å². The van der Waals surface area contributed by atoms with Crippen LogP contribution in [0.25, 0.3) is 0 Å². The lowest BCUT2D eigenvalue weighted by Crippen LogP contribution is -2.50. The van der Waals surface area contributed by atoms with Crippen molar-refractivity contribution in [2.45, 2.75) is 24.4 Å². The fraction of sp³-hybridized carbons (Fsp3) is 0.231. The highest BCUT2D eigenvalue weighted by Gasteiger charge is 2.32. The predicted octanol–water partition coefficient (Wildman–Crippen LogP) is 3.19. The van der Waals surface area contributed by atoms with Gasteiger partial charge in [0.15, 0.2) is 0 Å². The molecule has 0 fully saturated rings. The average Bonchev–Trinajstić information content (AvgIpc) is 2.90. The van der Waals surface area contributed by atoms with Gasteiger partial charge in [-0.25, -0.2) is 12.8 Å². The van der Waals surface area contributed by atoms with E-state index >= 15 is 0 Å². The van der Waals surface area contributed by atoms with Gasteiger partial charge in [0.2, 0.25) is 11.8 Å². The topological polar surface area (TPSA) is 96.0 Å². The van der Waals surface area contributed by atoms with E-state index < -0.39 is 40.2 Å². The molecule has 2 amide bonds. The van der Waals surface area contributed by atoms with Gasteiger partial charge in [-0.1, -0.05) is 30.3 Å². The van der Waals surface area contributed by atoms with Gasteiger partial charge in [0.25, 0.3) is 10.0 Å². The Balaban J connectivity index is 2.01. The summed E-state index contributed by atoms with van der Waals surface area (Å²) in [6.45, 7) is 0.964. The fourth-order valence-electron chi connectivity index (χ4n) is 3.57. The first kappa shape index (κ1) is 26.7. The molecule has 0 saturated heterocycles. The Morgan fingerprint density at radius 1 is 0.972 bits per heavy atom. The van der Waals surface area contributed by atoms with Crippen LogP contribution in [-0.4, -0.2) is 51.9 Å². The number of nitrogens with one attached hydrogen (secondary N) is 1. The Hall–Kier alpha value is -3.92. The number of likely N-dealkylation sites (N-methyl/N-ethyl adjacent to an activating group) is 1. The lowest BCUT2D eigenvalue weighted by Gasteiger charge is -2.31. The van der Waals surface area contributed by atoms with Crippen molar-refractivity contribution < 1.29 is 27.1 Å². The molecule has 3 rings (SSSR count). The zero-order chi connectivity index (χ0) is 26.3. The number of carbonyl (C=O) groups is 2. The maximum absolute atomic E-state index is 13.6. The van der Waals surface area contributed by atoms with Crippen molar-refractivity contribution in [3.63, 3.8) is 0 Å². The number of nitrogens with zero attached hydrogens (tertiary/aromatic N) is 2. The number of anilines is 1. The number of benzene rings is 3. The van der Waals surface area contributed by atoms with Crippen molar-refractivity contribution >= 4 is 27.5 Å². The number of carbonyl (C=O) groups excluding carboxylic acids is 2. The largest absolute Gasteiger partial charge is 0.497 e. The minimum Gasteiger partial charge on any atom is -0.497 e. The lowest BCUT2D eigenvalue weighted by atomic mass is 10.1. The maximum Gasteiger partial charge on any atom is 0.264 e. The van der Waals surface area contributed by atoms with E-state index in [1.54, 1.807) is 49.4 Å². The van der Waals surface area contributed by atoms with Gasteiger partial charge in [-0.3, -0.25) is 13.9 Å². The van der Waals surface area contributed by atoms with Crippen LogP contribution in [0.3, 0.4) is 0 Å². The molecule has 36 heavy (non-hydrogen) atoms. The quantitative estimate of drug-likeness (QED) is 0.449. The zero-order valence-electron chi connectivity index (χ0n) is 20.2. The lowest BCUT2D eigenvalue weighted by molar-refractivity contribution is -0.139. The average molecular weight is 514 g/mol. The summed E-state index contributed by atoms with van der Waals surface area (Å²) in [4.78, 5) is 27.3. The van der Waals surface area contributed by atoms with E-state index in [2.05, 4.69) is 5.32 Å². The number of amides is 2. The number of methoxy groups -OCH3 is 1. The third kappa shape index (κ3) is 6.19. The molecule has 8 nitrogen and oxygen atoms in total. The molecule has 1 atom stereocenters. The molecule has 0 aliphatic rings. The van der Waals surface area contributed by atoms with E-state index in [-0.39, 0.29) is 17.1 Å². The van der Waals surface area contributed by atoms with Crippen LogP contribution in [0.4, 0.5) is 10.1 Å². The molecule has 0 aromatic heterocycles. The summed E-state index contributed by atoms with van der Waals surface area (Å²) in [6, 6.07) is 18.7.